The molecular formula is C22H21N5O4. The van der Waals surface area contributed by atoms with Crippen LogP contribution in [-0.2, 0) is 13.0 Å². The second kappa shape index (κ2) is 8.31. The molecule has 3 heterocycles. The molecule has 0 amide bonds. The van der Waals surface area contributed by atoms with E-state index in [2.05, 4.69) is 15.4 Å². The summed E-state index contributed by atoms with van der Waals surface area (Å²) in [5.41, 5.74) is 3.04. The van der Waals surface area contributed by atoms with Crippen LogP contribution in [0, 0.1) is 17.0 Å². The van der Waals surface area contributed by atoms with Crippen LogP contribution in [0.5, 0.6) is 0 Å². The van der Waals surface area contributed by atoms with Crippen molar-refractivity contribution in [2.24, 2.45) is 0 Å². The molecule has 3 aromatic heterocycles. The number of hydrogen-bond donors (Lipinski definition) is 2. The predicted octanol–water partition coefficient (Wildman–Crippen LogP) is 4.21. The van der Waals surface area contributed by atoms with Crippen LogP contribution < -0.4 is 10.9 Å². The first kappa shape index (κ1) is 20.1. The van der Waals surface area contributed by atoms with Crippen molar-refractivity contribution in [2.45, 2.75) is 26.8 Å². The lowest BCUT2D eigenvalue weighted by molar-refractivity contribution is -0.383. The second-order valence-electron chi connectivity index (χ2n) is 7.07. The Kier molecular flexibility index (Phi) is 5.40. The average Bonchev–Trinajstić information content (AvgIpc) is 3.39. The molecule has 0 spiro atoms. The minimum Gasteiger partial charge on any atom is -0.460 e. The van der Waals surface area contributed by atoms with E-state index in [0.717, 1.165) is 29.1 Å². The monoisotopic (exact) mass is 419 g/mol. The highest BCUT2D eigenvalue weighted by Gasteiger charge is 2.19. The van der Waals surface area contributed by atoms with E-state index in [-0.39, 0.29) is 11.2 Å². The molecule has 0 atom stereocenters. The summed E-state index contributed by atoms with van der Waals surface area (Å²) in [6, 6.07) is 13.6. The molecule has 0 fully saturated rings. The van der Waals surface area contributed by atoms with Crippen LogP contribution in [0.4, 0.5) is 11.4 Å². The first-order chi connectivity index (χ1) is 14.9. The summed E-state index contributed by atoms with van der Waals surface area (Å²) in [6.07, 6.45) is 2.30. The van der Waals surface area contributed by atoms with Gasteiger partial charge < -0.3 is 14.7 Å². The van der Waals surface area contributed by atoms with Crippen LogP contribution in [-0.4, -0.2) is 19.7 Å². The van der Waals surface area contributed by atoms with Gasteiger partial charge in [0, 0.05) is 24.9 Å². The molecule has 0 aliphatic heterocycles. The molecule has 0 bridgehead atoms. The minimum absolute atomic E-state index is 0.0722. The van der Waals surface area contributed by atoms with E-state index in [9.17, 15) is 14.9 Å². The van der Waals surface area contributed by atoms with Crippen LogP contribution in [0.3, 0.4) is 0 Å². The SMILES string of the molecule is CCc1cc(-c2ccc(C)o2)n(-c2ccc(NCc3ccc(=O)[nH]c3)c([N+](=O)[O-])c2)n1. The number of nitrogens with zero attached hydrogens (tertiary/aromatic N) is 3. The standard InChI is InChI=1S/C22H21N5O4/c1-3-16-10-20(21-8-4-14(2)31-21)26(25-16)17-6-7-18(19(11-17)27(29)30)23-12-15-5-9-22(28)24-13-15/h4-11,13,23H,3,12H2,1-2H3,(H,24,28). The van der Waals surface area contributed by atoms with Gasteiger partial charge in [-0.25, -0.2) is 4.68 Å². The van der Waals surface area contributed by atoms with Gasteiger partial charge in [0.1, 0.15) is 17.1 Å². The Morgan fingerprint density at radius 3 is 2.68 bits per heavy atom. The first-order valence-electron chi connectivity index (χ1n) is 9.80. The number of rotatable bonds is 7. The largest absolute Gasteiger partial charge is 0.460 e. The van der Waals surface area contributed by atoms with Crippen molar-refractivity contribution in [1.29, 1.82) is 0 Å². The summed E-state index contributed by atoms with van der Waals surface area (Å²) in [4.78, 5) is 25.1. The Morgan fingerprint density at radius 1 is 1.19 bits per heavy atom. The number of pyridine rings is 1. The highest BCUT2D eigenvalue weighted by molar-refractivity contribution is 5.67. The smallest absolute Gasteiger partial charge is 0.294 e. The molecule has 0 saturated carbocycles. The Hall–Kier alpha value is -4.14. The molecule has 31 heavy (non-hydrogen) atoms. The van der Waals surface area contributed by atoms with Crippen molar-refractivity contribution in [3.05, 3.63) is 92.2 Å². The van der Waals surface area contributed by atoms with Gasteiger partial charge in [0.05, 0.1) is 16.3 Å². The third-order valence-corrected chi connectivity index (χ3v) is 4.87. The summed E-state index contributed by atoms with van der Waals surface area (Å²) < 4.78 is 7.42. The normalized spacial score (nSPS) is 10.9. The lowest BCUT2D eigenvalue weighted by atomic mass is 10.2. The number of aromatic amines is 1. The van der Waals surface area contributed by atoms with Crippen LogP contribution in [0.25, 0.3) is 17.1 Å². The lowest BCUT2D eigenvalue weighted by Gasteiger charge is -2.10. The number of nitrogens with one attached hydrogen (secondary N) is 2. The molecule has 0 unspecified atom stereocenters. The van der Waals surface area contributed by atoms with E-state index in [4.69, 9.17) is 4.42 Å². The van der Waals surface area contributed by atoms with Crippen LogP contribution in [0.15, 0.2) is 63.9 Å². The van der Waals surface area contributed by atoms with Gasteiger partial charge in [-0.2, -0.15) is 5.10 Å². The maximum Gasteiger partial charge on any atom is 0.294 e. The highest BCUT2D eigenvalue weighted by Crippen LogP contribution is 2.31. The number of benzene rings is 1. The van der Waals surface area contributed by atoms with Crippen molar-refractivity contribution in [3.8, 4) is 17.1 Å². The van der Waals surface area contributed by atoms with Crippen LogP contribution in [0.1, 0.15) is 23.9 Å². The molecule has 4 aromatic rings. The number of aryl methyl sites for hydroxylation is 2. The molecule has 0 aliphatic rings. The zero-order valence-electron chi connectivity index (χ0n) is 17.1. The van der Waals surface area contributed by atoms with Crippen molar-refractivity contribution in [2.75, 3.05) is 5.32 Å². The number of nitro groups is 1. The Morgan fingerprint density at radius 2 is 2.03 bits per heavy atom. The van der Waals surface area contributed by atoms with Crippen LogP contribution >= 0.6 is 0 Å². The van der Waals surface area contributed by atoms with Gasteiger partial charge in [-0.05, 0) is 49.2 Å². The van der Waals surface area contributed by atoms with E-state index in [0.29, 0.717) is 23.7 Å². The minimum atomic E-state index is -0.431. The maximum atomic E-state index is 11.8. The zero-order chi connectivity index (χ0) is 22.0. The van der Waals surface area contributed by atoms with Gasteiger partial charge in [-0.1, -0.05) is 13.0 Å². The summed E-state index contributed by atoms with van der Waals surface area (Å²) in [7, 11) is 0. The molecule has 0 saturated heterocycles. The maximum absolute atomic E-state index is 11.8. The van der Waals surface area contributed by atoms with Crippen LogP contribution in [0.2, 0.25) is 0 Å². The molecule has 4 rings (SSSR count). The molecule has 158 valence electrons. The van der Waals surface area contributed by atoms with Gasteiger partial charge in [-0.15, -0.1) is 0 Å². The Bertz CT molecular complexity index is 1280. The average molecular weight is 419 g/mol. The van der Waals surface area contributed by atoms with Crippen molar-refractivity contribution in [1.82, 2.24) is 14.8 Å². The number of H-pyrrole nitrogens is 1. The molecular weight excluding hydrogens is 398 g/mol. The molecule has 1 aromatic carbocycles. The van der Waals surface area contributed by atoms with Gasteiger partial charge in [0.2, 0.25) is 5.56 Å². The van der Waals surface area contributed by atoms with Crippen molar-refractivity contribution in [3.63, 3.8) is 0 Å². The van der Waals surface area contributed by atoms with E-state index in [1.165, 1.54) is 12.1 Å². The fourth-order valence-corrected chi connectivity index (χ4v) is 3.25. The van der Waals surface area contributed by atoms with Crippen molar-refractivity contribution >= 4 is 11.4 Å². The quantitative estimate of drug-likeness (QED) is 0.342. The van der Waals surface area contributed by atoms with Gasteiger partial charge >= 0.3 is 0 Å². The summed E-state index contributed by atoms with van der Waals surface area (Å²) in [5.74, 6) is 1.42. The second-order valence-corrected chi connectivity index (χ2v) is 7.07. The van der Waals surface area contributed by atoms with E-state index >= 15 is 0 Å². The molecule has 9 nitrogen and oxygen atoms in total. The topological polar surface area (TPSA) is 119 Å². The highest BCUT2D eigenvalue weighted by atomic mass is 16.6. The Labute approximate surface area is 177 Å². The van der Waals surface area contributed by atoms with Gasteiger partial charge in [-0.3, -0.25) is 14.9 Å². The summed E-state index contributed by atoms with van der Waals surface area (Å²) >= 11 is 0. The number of aromatic nitrogens is 3. The summed E-state index contributed by atoms with van der Waals surface area (Å²) in [5, 5.41) is 19.4. The van der Waals surface area contributed by atoms with E-state index < -0.39 is 4.92 Å². The molecule has 2 N–H and O–H groups in total. The lowest BCUT2D eigenvalue weighted by Crippen LogP contribution is -2.08. The van der Waals surface area contributed by atoms with E-state index in [1.54, 1.807) is 29.1 Å². The fourth-order valence-electron chi connectivity index (χ4n) is 3.25. The predicted molar refractivity (Wildman–Crippen MR) is 116 cm³/mol. The van der Waals surface area contributed by atoms with Gasteiger partial charge in [0.25, 0.3) is 5.69 Å². The number of hydrogen-bond acceptors (Lipinski definition) is 6. The van der Waals surface area contributed by atoms with Crippen molar-refractivity contribution < 1.29 is 9.34 Å². The number of nitro benzene ring substituents is 1. The third-order valence-electron chi connectivity index (χ3n) is 4.87. The molecule has 9 heteroatoms. The number of furan rings is 1. The molecule has 0 aliphatic carbocycles. The molecule has 0 radical (unpaired) electrons. The number of anilines is 1. The van der Waals surface area contributed by atoms with Gasteiger partial charge in [0.15, 0.2) is 5.76 Å². The third kappa shape index (κ3) is 4.25. The van der Waals surface area contributed by atoms with E-state index in [1.807, 2.05) is 32.0 Å². The first-order valence-corrected chi connectivity index (χ1v) is 9.80. The Balaban J connectivity index is 1.69. The summed E-state index contributed by atoms with van der Waals surface area (Å²) in [6.45, 7) is 4.18. The zero-order valence-corrected chi connectivity index (χ0v) is 17.1. The fraction of sp³-hybridized carbons (Fsp3) is 0.182.